The largest absolute Gasteiger partial charge is 0.395 e. The predicted molar refractivity (Wildman–Crippen MR) is 94.6 cm³/mol. The number of hydrogen-bond donors (Lipinski definition) is 2. The number of hydrogen-bond acceptors (Lipinski definition) is 4. The van der Waals surface area contributed by atoms with Crippen LogP contribution in [0.3, 0.4) is 0 Å². The molecule has 0 amide bonds. The van der Waals surface area contributed by atoms with Gasteiger partial charge < -0.3 is 5.11 Å². The smallest absolute Gasteiger partial charge is 0.250 e. The zero-order chi connectivity index (χ0) is 16.9. The second-order valence-corrected chi connectivity index (χ2v) is 8.93. The lowest BCUT2D eigenvalue weighted by molar-refractivity contribution is 0.234. The fraction of sp³-hybridized carbons (Fsp3) is 0.375. The van der Waals surface area contributed by atoms with Crippen LogP contribution >= 0.6 is 22.9 Å². The van der Waals surface area contributed by atoms with Crippen molar-refractivity contribution in [2.24, 2.45) is 0 Å². The van der Waals surface area contributed by atoms with Crippen LogP contribution in [0.25, 0.3) is 0 Å². The van der Waals surface area contributed by atoms with Crippen molar-refractivity contribution in [2.45, 2.75) is 35.9 Å². The maximum Gasteiger partial charge on any atom is 0.250 e. The number of sulfonamides is 1. The lowest BCUT2D eigenvalue weighted by Crippen LogP contribution is -2.41. The molecule has 4 nitrogen and oxygen atoms in total. The summed E-state index contributed by atoms with van der Waals surface area (Å²) in [5, 5.41) is 9.75. The Kier molecular flexibility index (Phi) is 6.61. The van der Waals surface area contributed by atoms with Gasteiger partial charge in [-0.2, -0.15) is 0 Å². The third-order valence-corrected chi connectivity index (χ3v) is 6.84. The molecule has 2 atom stereocenters. The number of aliphatic hydroxyl groups is 1. The Bertz CT molecular complexity index is 716. The van der Waals surface area contributed by atoms with Gasteiger partial charge in [0, 0.05) is 5.92 Å². The van der Waals surface area contributed by atoms with Gasteiger partial charge in [-0.25, -0.2) is 13.1 Å². The summed E-state index contributed by atoms with van der Waals surface area (Å²) < 4.78 is 28.2. The summed E-state index contributed by atoms with van der Waals surface area (Å²) >= 11 is 6.82. The highest BCUT2D eigenvalue weighted by Gasteiger charge is 2.28. The number of halogens is 1. The Balaban J connectivity index is 2.26. The molecule has 0 aliphatic rings. The van der Waals surface area contributed by atoms with Crippen LogP contribution in [-0.4, -0.2) is 26.2 Å². The van der Waals surface area contributed by atoms with Gasteiger partial charge in [0.25, 0.3) is 0 Å². The topological polar surface area (TPSA) is 66.4 Å². The average Bonchev–Trinajstić information content (AvgIpc) is 2.99. The van der Waals surface area contributed by atoms with Crippen molar-refractivity contribution in [1.29, 1.82) is 0 Å². The first-order valence-corrected chi connectivity index (χ1v) is 10.1. The van der Waals surface area contributed by atoms with Crippen molar-refractivity contribution in [2.75, 3.05) is 6.61 Å². The van der Waals surface area contributed by atoms with E-state index in [9.17, 15) is 13.5 Å². The number of aliphatic hydroxyl groups excluding tert-OH is 1. The van der Waals surface area contributed by atoms with Gasteiger partial charge in [0.2, 0.25) is 10.0 Å². The molecule has 1 aromatic heterocycles. The molecule has 0 saturated carbocycles. The van der Waals surface area contributed by atoms with Gasteiger partial charge in [0.1, 0.15) is 4.21 Å². The minimum absolute atomic E-state index is 0.0867. The van der Waals surface area contributed by atoms with E-state index in [1.54, 1.807) is 6.07 Å². The molecule has 0 unspecified atom stereocenters. The maximum atomic E-state index is 12.5. The number of benzene rings is 1. The summed E-state index contributed by atoms with van der Waals surface area (Å²) in [5.41, 5.74) is 1.01. The van der Waals surface area contributed by atoms with E-state index in [1.807, 2.05) is 37.3 Å². The molecule has 2 aromatic rings. The van der Waals surface area contributed by atoms with Crippen molar-refractivity contribution in [3.8, 4) is 0 Å². The number of nitrogens with one attached hydrogen (secondary N) is 1. The third kappa shape index (κ3) is 4.78. The summed E-state index contributed by atoms with van der Waals surface area (Å²) in [5.74, 6) is -0.0867. The molecule has 0 saturated heterocycles. The molecule has 2 rings (SSSR count). The SMILES string of the molecule is CCC[C@H](c1ccccc1)[C@@H](CO)NS(=O)(=O)c1ccc(Cl)s1. The summed E-state index contributed by atoms with van der Waals surface area (Å²) in [7, 11) is -3.70. The van der Waals surface area contributed by atoms with E-state index in [2.05, 4.69) is 4.72 Å². The number of thiophene rings is 1. The van der Waals surface area contributed by atoms with Gasteiger partial charge in [-0.15, -0.1) is 11.3 Å². The van der Waals surface area contributed by atoms with Gasteiger partial charge in [-0.1, -0.05) is 55.3 Å². The molecule has 0 bridgehead atoms. The Morgan fingerprint density at radius 3 is 2.43 bits per heavy atom. The summed E-state index contributed by atoms with van der Waals surface area (Å²) in [6.07, 6.45) is 1.67. The molecule has 0 aliphatic carbocycles. The monoisotopic (exact) mass is 373 g/mol. The Labute approximate surface area is 146 Å². The molecule has 23 heavy (non-hydrogen) atoms. The first-order chi connectivity index (χ1) is 11.0. The van der Waals surface area contributed by atoms with Gasteiger partial charge in [-0.3, -0.25) is 0 Å². The fourth-order valence-electron chi connectivity index (χ4n) is 2.56. The molecule has 126 valence electrons. The predicted octanol–water partition coefficient (Wildman–Crippen LogP) is 3.62. The van der Waals surface area contributed by atoms with E-state index >= 15 is 0 Å². The van der Waals surface area contributed by atoms with Crippen LogP contribution in [0.4, 0.5) is 0 Å². The van der Waals surface area contributed by atoms with Crippen molar-refractivity contribution >= 4 is 33.0 Å². The molecule has 0 aliphatic heterocycles. The zero-order valence-corrected chi connectivity index (χ0v) is 15.2. The summed E-state index contributed by atoms with van der Waals surface area (Å²) in [4.78, 5) is 0. The lowest BCUT2D eigenvalue weighted by atomic mass is 9.88. The molecular weight excluding hydrogens is 354 g/mol. The second-order valence-electron chi connectivity index (χ2n) is 5.27. The van der Waals surface area contributed by atoms with Crippen molar-refractivity contribution in [3.05, 3.63) is 52.4 Å². The molecule has 1 heterocycles. The second kappa shape index (κ2) is 8.26. The van der Waals surface area contributed by atoms with Crippen LogP contribution < -0.4 is 4.72 Å². The molecule has 1 aromatic carbocycles. The van der Waals surface area contributed by atoms with E-state index in [1.165, 1.54) is 6.07 Å². The van der Waals surface area contributed by atoms with E-state index in [4.69, 9.17) is 11.6 Å². The van der Waals surface area contributed by atoms with Crippen LogP contribution in [0.5, 0.6) is 0 Å². The van der Waals surface area contributed by atoms with Crippen molar-refractivity contribution < 1.29 is 13.5 Å². The molecule has 0 spiro atoms. The Hall–Kier alpha value is -0.920. The van der Waals surface area contributed by atoms with Gasteiger partial charge in [0.15, 0.2) is 0 Å². The molecule has 0 fully saturated rings. The van der Waals surface area contributed by atoms with Gasteiger partial charge >= 0.3 is 0 Å². The number of rotatable bonds is 8. The van der Waals surface area contributed by atoms with Crippen LogP contribution in [0.15, 0.2) is 46.7 Å². The van der Waals surface area contributed by atoms with E-state index in [-0.39, 0.29) is 16.7 Å². The van der Waals surface area contributed by atoms with Crippen LogP contribution in [0.1, 0.15) is 31.2 Å². The van der Waals surface area contributed by atoms with Crippen molar-refractivity contribution in [3.63, 3.8) is 0 Å². The highest BCUT2D eigenvalue weighted by molar-refractivity contribution is 7.91. The molecule has 7 heteroatoms. The van der Waals surface area contributed by atoms with E-state index in [0.717, 1.165) is 29.7 Å². The minimum atomic E-state index is -3.70. The Morgan fingerprint density at radius 1 is 1.22 bits per heavy atom. The molecular formula is C16H20ClNO3S2. The van der Waals surface area contributed by atoms with Crippen LogP contribution in [0.2, 0.25) is 4.34 Å². The fourth-order valence-corrected chi connectivity index (χ4v) is 5.32. The van der Waals surface area contributed by atoms with Crippen molar-refractivity contribution in [1.82, 2.24) is 4.72 Å². The highest BCUT2D eigenvalue weighted by Crippen LogP contribution is 2.29. The van der Waals surface area contributed by atoms with Gasteiger partial charge in [-0.05, 0) is 24.1 Å². The third-order valence-electron chi connectivity index (χ3n) is 3.63. The summed E-state index contributed by atoms with van der Waals surface area (Å²) in [6, 6.07) is 12.1. The van der Waals surface area contributed by atoms with Gasteiger partial charge in [0.05, 0.1) is 17.0 Å². The minimum Gasteiger partial charge on any atom is -0.395 e. The maximum absolute atomic E-state index is 12.5. The van der Waals surface area contributed by atoms with E-state index < -0.39 is 16.1 Å². The quantitative estimate of drug-likeness (QED) is 0.742. The van der Waals surface area contributed by atoms with E-state index in [0.29, 0.717) is 4.34 Å². The average molecular weight is 374 g/mol. The molecule has 0 radical (unpaired) electrons. The first-order valence-electron chi connectivity index (χ1n) is 7.41. The normalized spacial score (nSPS) is 14.6. The lowest BCUT2D eigenvalue weighted by Gasteiger charge is -2.26. The highest BCUT2D eigenvalue weighted by atomic mass is 35.5. The molecule has 2 N–H and O–H groups in total. The first kappa shape index (κ1) is 18.4. The standard InChI is InChI=1S/C16H20ClNO3S2/c1-2-6-13(12-7-4-3-5-8-12)14(11-19)18-23(20,21)16-10-9-15(17)22-16/h3-5,7-10,13-14,18-19H,2,6,11H2,1H3/t13-,14-/m1/s1. The zero-order valence-electron chi connectivity index (χ0n) is 12.8. The Morgan fingerprint density at radius 2 is 1.91 bits per heavy atom. The summed E-state index contributed by atoms with van der Waals surface area (Å²) in [6.45, 7) is 1.77. The van der Waals surface area contributed by atoms with Crippen LogP contribution in [0, 0.1) is 0 Å². The van der Waals surface area contributed by atoms with Crippen LogP contribution in [-0.2, 0) is 10.0 Å².